The summed E-state index contributed by atoms with van der Waals surface area (Å²) >= 11 is 7.41. The van der Waals surface area contributed by atoms with Gasteiger partial charge in [0.1, 0.15) is 11.8 Å². The van der Waals surface area contributed by atoms with E-state index in [0.717, 1.165) is 10.4 Å². The van der Waals surface area contributed by atoms with Gasteiger partial charge in [0.2, 0.25) is 5.91 Å². The second-order valence-electron chi connectivity index (χ2n) is 6.74. The van der Waals surface area contributed by atoms with Crippen LogP contribution in [-0.4, -0.2) is 28.6 Å². The van der Waals surface area contributed by atoms with Gasteiger partial charge in [0.05, 0.1) is 5.69 Å². The number of nitrogens with two attached hydrogens (primary N) is 1. The van der Waals surface area contributed by atoms with E-state index < -0.39 is 17.9 Å². The van der Waals surface area contributed by atoms with Crippen molar-refractivity contribution in [1.82, 2.24) is 4.98 Å². The van der Waals surface area contributed by atoms with Crippen LogP contribution in [0, 0.1) is 0 Å². The van der Waals surface area contributed by atoms with Crippen LogP contribution in [0.2, 0.25) is 5.02 Å². The molecule has 0 spiro atoms. The topological polar surface area (TPSA) is 101 Å². The zero-order chi connectivity index (χ0) is 21.1. The van der Waals surface area contributed by atoms with E-state index in [0.29, 0.717) is 22.3 Å². The average molecular weight is 440 g/mol. The molecule has 2 amide bonds. The Hall–Kier alpha value is -3.23. The highest BCUT2D eigenvalue weighted by Crippen LogP contribution is 2.26. The molecular formula is C21H18ClN5O2S. The average Bonchev–Trinajstić information content (AvgIpc) is 3.36. The number of para-hydroxylation sites is 1. The van der Waals surface area contributed by atoms with Gasteiger partial charge in [-0.15, -0.1) is 11.3 Å². The van der Waals surface area contributed by atoms with Gasteiger partial charge in [0.25, 0.3) is 5.91 Å². The van der Waals surface area contributed by atoms with Gasteiger partial charge in [-0.25, -0.2) is 4.98 Å². The zero-order valence-electron chi connectivity index (χ0n) is 15.8. The molecule has 2 heterocycles. The first-order chi connectivity index (χ1) is 14.5. The predicted molar refractivity (Wildman–Crippen MR) is 119 cm³/mol. The fraction of sp³-hybridized carbons (Fsp3) is 0.143. The second-order valence-corrected chi connectivity index (χ2v) is 8.29. The van der Waals surface area contributed by atoms with Crippen molar-refractivity contribution in [3.8, 4) is 0 Å². The molecule has 0 aliphatic carbocycles. The maximum Gasteiger partial charge on any atom is 0.273 e. The fourth-order valence-electron chi connectivity index (χ4n) is 3.15. The van der Waals surface area contributed by atoms with Crippen LogP contribution in [0.1, 0.15) is 16.9 Å². The Bertz CT molecular complexity index is 1120. The van der Waals surface area contributed by atoms with Crippen LogP contribution >= 0.6 is 22.9 Å². The summed E-state index contributed by atoms with van der Waals surface area (Å²) in [6, 6.07) is 16.0. The lowest BCUT2D eigenvalue weighted by Crippen LogP contribution is -2.39. The highest BCUT2D eigenvalue weighted by atomic mass is 35.5. The minimum atomic E-state index is -0.706. The summed E-state index contributed by atoms with van der Waals surface area (Å²) in [5.41, 5.74) is 7.51. The van der Waals surface area contributed by atoms with E-state index >= 15 is 0 Å². The van der Waals surface area contributed by atoms with Crippen molar-refractivity contribution in [2.75, 3.05) is 10.3 Å². The van der Waals surface area contributed by atoms with Gasteiger partial charge < -0.3 is 5.73 Å². The summed E-state index contributed by atoms with van der Waals surface area (Å²) in [7, 11) is 0. The molecule has 1 aromatic heterocycles. The Morgan fingerprint density at radius 1 is 1.20 bits per heavy atom. The lowest BCUT2D eigenvalue weighted by Gasteiger charge is -2.20. The Morgan fingerprint density at radius 2 is 2.00 bits per heavy atom. The number of halogens is 1. The van der Waals surface area contributed by atoms with E-state index in [1.165, 1.54) is 16.3 Å². The molecule has 7 nitrogen and oxygen atoms in total. The molecule has 4 rings (SSSR count). The number of amides is 2. The summed E-state index contributed by atoms with van der Waals surface area (Å²) in [6.45, 7) is 0. The molecule has 2 aromatic carbocycles. The quantitative estimate of drug-likeness (QED) is 0.614. The van der Waals surface area contributed by atoms with Crippen LogP contribution in [-0.2, 0) is 16.0 Å². The minimum absolute atomic E-state index is 0.136. The molecular weight excluding hydrogens is 422 g/mol. The van der Waals surface area contributed by atoms with Gasteiger partial charge in [0.15, 0.2) is 5.13 Å². The van der Waals surface area contributed by atoms with Crippen LogP contribution in [0.15, 0.2) is 65.9 Å². The summed E-state index contributed by atoms with van der Waals surface area (Å²) in [6.07, 6.45) is 2.53. The third kappa shape index (κ3) is 4.50. The number of hydrogen-bond acceptors (Lipinski definition) is 6. The number of carbonyl (C=O) groups is 2. The van der Waals surface area contributed by atoms with E-state index in [2.05, 4.69) is 15.4 Å². The van der Waals surface area contributed by atoms with E-state index in [4.69, 9.17) is 17.3 Å². The van der Waals surface area contributed by atoms with Crippen molar-refractivity contribution >= 4 is 51.3 Å². The fourth-order valence-corrected chi connectivity index (χ4v) is 4.21. The van der Waals surface area contributed by atoms with Crippen molar-refractivity contribution in [1.29, 1.82) is 0 Å². The molecule has 0 fully saturated rings. The van der Waals surface area contributed by atoms with E-state index in [-0.39, 0.29) is 12.1 Å². The molecule has 30 heavy (non-hydrogen) atoms. The maximum atomic E-state index is 12.7. The maximum absolute atomic E-state index is 12.7. The summed E-state index contributed by atoms with van der Waals surface area (Å²) < 4.78 is 0. The number of anilines is 2. The van der Waals surface area contributed by atoms with Gasteiger partial charge in [-0.1, -0.05) is 41.9 Å². The molecule has 0 saturated carbocycles. The first-order valence-electron chi connectivity index (χ1n) is 9.21. The molecule has 1 unspecified atom stereocenters. The zero-order valence-corrected chi connectivity index (χ0v) is 17.4. The molecule has 152 valence electrons. The standard InChI is InChI=1S/C21H18ClN5O2S/c22-14-6-4-5-13(9-14)10-16-12-24-21(30-16)25-20(29)17-11-18(19(23)28)27(26-17)15-7-2-1-3-8-15/h1-9,12,18H,10-11H2,(H2,23,28)(H,24,25,29). The summed E-state index contributed by atoms with van der Waals surface area (Å²) in [5, 5.41) is 9.74. The lowest BCUT2D eigenvalue weighted by molar-refractivity contribution is -0.119. The van der Waals surface area contributed by atoms with Gasteiger partial charge in [-0.2, -0.15) is 5.10 Å². The van der Waals surface area contributed by atoms with Crippen molar-refractivity contribution in [3.05, 3.63) is 76.3 Å². The van der Waals surface area contributed by atoms with E-state index in [9.17, 15) is 9.59 Å². The highest BCUT2D eigenvalue weighted by molar-refractivity contribution is 7.15. The SMILES string of the molecule is NC(=O)C1CC(C(=O)Nc2ncc(Cc3cccc(Cl)c3)s2)=NN1c1ccccc1. The Labute approximate surface area is 182 Å². The van der Waals surface area contributed by atoms with Gasteiger partial charge in [0, 0.05) is 28.9 Å². The number of benzene rings is 2. The van der Waals surface area contributed by atoms with Gasteiger partial charge in [-0.3, -0.25) is 19.9 Å². The summed E-state index contributed by atoms with van der Waals surface area (Å²) in [4.78, 5) is 29.8. The number of carbonyl (C=O) groups excluding carboxylic acids is 2. The van der Waals surface area contributed by atoms with Crippen LogP contribution in [0.4, 0.5) is 10.8 Å². The number of rotatable bonds is 6. The number of nitrogens with zero attached hydrogens (tertiary/aromatic N) is 3. The van der Waals surface area contributed by atoms with Crippen molar-refractivity contribution < 1.29 is 9.59 Å². The lowest BCUT2D eigenvalue weighted by atomic mass is 10.1. The Kier molecular flexibility index (Phi) is 5.78. The number of nitrogens with one attached hydrogen (secondary N) is 1. The normalized spacial score (nSPS) is 15.7. The third-order valence-corrected chi connectivity index (χ3v) is 5.71. The molecule has 0 radical (unpaired) electrons. The monoisotopic (exact) mass is 439 g/mol. The number of aromatic nitrogens is 1. The molecule has 3 N–H and O–H groups in total. The predicted octanol–water partition coefficient (Wildman–Crippen LogP) is 3.45. The van der Waals surface area contributed by atoms with Crippen molar-refractivity contribution in [2.45, 2.75) is 18.9 Å². The third-order valence-electron chi connectivity index (χ3n) is 4.56. The molecule has 0 saturated heterocycles. The highest BCUT2D eigenvalue weighted by Gasteiger charge is 2.35. The number of primary amides is 1. The molecule has 1 aliphatic rings. The van der Waals surface area contributed by atoms with Crippen molar-refractivity contribution in [3.63, 3.8) is 0 Å². The molecule has 1 aliphatic heterocycles. The molecule has 0 bridgehead atoms. The van der Waals surface area contributed by atoms with Crippen LogP contribution < -0.4 is 16.1 Å². The second kappa shape index (κ2) is 8.64. The largest absolute Gasteiger partial charge is 0.368 e. The van der Waals surface area contributed by atoms with Gasteiger partial charge >= 0.3 is 0 Å². The number of hydrazone groups is 1. The smallest absolute Gasteiger partial charge is 0.273 e. The number of thiazole rings is 1. The Morgan fingerprint density at radius 3 is 2.73 bits per heavy atom. The molecule has 1 atom stereocenters. The Balaban J connectivity index is 1.46. The van der Waals surface area contributed by atoms with Crippen LogP contribution in [0.25, 0.3) is 0 Å². The van der Waals surface area contributed by atoms with Crippen molar-refractivity contribution in [2.24, 2.45) is 10.8 Å². The summed E-state index contributed by atoms with van der Waals surface area (Å²) in [5.74, 6) is -0.938. The first-order valence-corrected chi connectivity index (χ1v) is 10.4. The van der Waals surface area contributed by atoms with Gasteiger partial charge in [-0.05, 0) is 29.8 Å². The van der Waals surface area contributed by atoms with E-state index in [1.54, 1.807) is 6.20 Å². The van der Waals surface area contributed by atoms with Crippen LogP contribution in [0.5, 0.6) is 0 Å². The minimum Gasteiger partial charge on any atom is -0.368 e. The first kappa shape index (κ1) is 20.1. The van der Waals surface area contributed by atoms with E-state index in [1.807, 2.05) is 54.6 Å². The van der Waals surface area contributed by atoms with Crippen LogP contribution in [0.3, 0.4) is 0 Å². The number of hydrogen-bond donors (Lipinski definition) is 2. The molecule has 9 heteroatoms. The molecule has 3 aromatic rings.